The Balaban J connectivity index is 2.87. The number of rotatable bonds is 2. The molecule has 1 rings (SSSR count). The summed E-state index contributed by atoms with van der Waals surface area (Å²) in [6.45, 7) is 0. The van der Waals surface area contributed by atoms with E-state index in [1.54, 1.807) is 0 Å². The van der Waals surface area contributed by atoms with Crippen LogP contribution in [0.25, 0.3) is 0 Å². The summed E-state index contributed by atoms with van der Waals surface area (Å²) in [5, 5.41) is 8.47. The first kappa shape index (κ1) is 7.28. The van der Waals surface area contributed by atoms with Crippen LogP contribution in [0.15, 0.2) is 11.3 Å². The third kappa shape index (κ3) is 1.55. The van der Waals surface area contributed by atoms with Gasteiger partial charge in [0.25, 0.3) is 0 Å². The second-order valence-electron chi connectivity index (χ2n) is 1.68. The van der Waals surface area contributed by atoms with Crippen molar-refractivity contribution in [1.29, 1.82) is 5.26 Å². The first-order chi connectivity index (χ1) is 5.38. The van der Waals surface area contributed by atoms with Crippen LogP contribution in [0.1, 0.15) is 5.69 Å². The Morgan fingerprint density at radius 2 is 2.73 bits per heavy atom. The van der Waals surface area contributed by atoms with Crippen LogP contribution in [0.5, 0.6) is 0 Å². The lowest BCUT2D eigenvalue weighted by atomic mass is 10.5. The van der Waals surface area contributed by atoms with E-state index in [0.717, 1.165) is 0 Å². The number of imidazole rings is 1. The molecule has 0 aromatic carbocycles. The molecule has 11 heavy (non-hydrogen) atoms. The molecule has 0 aliphatic carbocycles. The number of nitrogens with one attached hydrogen (secondary N) is 1. The molecule has 0 atom stereocenters. The first-order valence-corrected chi connectivity index (χ1v) is 2.87. The summed E-state index contributed by atoms with van der Waals surface area (Å²) in [7, 11) is 1.47. The molecule has 0 amide bonds. The summed E-state index contributed by atoms with van der Waals surface area (Å²) in [5.41, 5.74) is 0.332. The smallest absolute Gasteiger partial charge is 0.191 e. The van der Waals surface area contributed by atoms with Crippen molar-refractivity contribution in [2.45, 2.75) is 0 Å². The van der Waals surface area contributed by atoms with E-state index in [1.807, 2.05) is 6.07 Å². The van der Waals surface area contributed by atoms with Crippen LogP contribution in [0, 0.1) is 11.3 Å². The summed E-state index contributed by atoms with van der Waals surface area (Å²) < 4.78 is 4.56. The summed E-state index contributed by atoms with van der Waals surface area (Å²) in [6, 6.07) is 1.90. The van der Waals surface area contributed by atoms with E-state index in [2.05, 4.69) is 19.7 Å². The molecule has 0 saturated carbocycles. The average molecular weight is 150 g/mol. The van der Waals surface area contributed by atoms with Crippen molar-refractivity contribution in [3.8, 4) is 6.07 Å². The summed E-state index contributed by atoms with van der Waals surface area (Å²) in [6.07, 6.45) is 2.62. The lowest BCUT2D eigenvalue weighted by Crippen LogP contribution is -1.77. The van der Waals surface area contributed by atoms with Gasteiger partial charge in [-0.2, -0.15) is 10.3 Å². The molecule has 0 aliphatic heterocycles. The highest BCUT2D eigenvalue weighted by Crippen LogP contribution is 2.10. The second-order valence-corrected chi connectivity index (χ2v) is 1.68. The van der Waals surface area contributed by atoms with Gasteiger partial charge in [0, 0.05) is 0 Å². The molecule has 1 N–H and O–H groups in total. The van der Waals surface area contributed by atoms with Gasteiger partial charge in [-0.25, -0.2) is 4.98 Å². The molecule has 56 valence electrons. The van der Waals surface area contributed by atoms with E-state index in [1.165, 1.54) is 19.8 Å². The molecule has 1 aromatic heterocycles. The molecule has 0 aliphatic rings. The number of nitrogens with zero attached hydrogens (tertiary/aromatic N) is 3. The standard InChI is InChI=1S/C6H6N4O/c1-11-4-10-6-5(2-7)8-3-9-6/h3-4H,1H3,(H,8,9). The van der Waals surface area contributed by atoms with Crippen LogP contribution < -0.4 is 0 Å². The van der Waals surface area contributed by atoms with Crippen molar-refractivity contribution in [2.75, 3.05) is 7.11 Å². The maximum absolute atomic E-state index is 8.47. The minimum absolute atomic E-state index is 0.332. The SMILES string of the molecule is COC=Nc1nc[nH]c1C#N. The van der Waals surface area contributed by atoms with Gasteiger partial charge in [-0.1, -0.05) is 0 Å². The van der Waals surface area contributed by atoms with E-state index < -0.39 is 0 Å². The van der Waals surface area contributed by atoms with Gasteiger partial charge in [0.1, 0.15) is 6.07 Å². The molecule has 1 aromatic rings. The largest absolute Gasteiger partial charge is 0.486 e. The lowest BCUT2D eigenvalue weighted by Gasteiger charge is -1.84. The van der Waals surface area contributed by atoms with Gasteiger partial charge in [-0.15, -0.1) is 0 Å². The number of ether oxygens (including phenoxy) is 1. The van der Waals surface area contributed by atoms with Gasteiger partial charge in [0.05, 0.1) is 13.4 Å². The Labute approximate surface area is 63.4 Å². The minimum atomic E-state index is 0.332. The van der Waals surface area contributed by atoms with E-state index in [9.17, 15) is 0 Å². The van der Waals surface area contributed by atoms with Crippen molar-refractivity contribution in [1.82, 2.24) is 9.97 Å². The third-order valence-electron chi connectivity index (χ3n) is 1.01. The molecule has 5 heteroatoms. The highest BCUT2D eigenvalue weighted by Gasteiger charge is 1.99. The van der Waals surface area contributed by atoms with Gasteiger partial charge >= 0.3 is 0 Å². The molecule has 0 unspecified atom stereocenters. The predicted molar refractivity (Wildman–Crippen MR) is 38.5 cm³/mol. The first-order valence-electron chi connectivity index (χ1n) is 2.87. The molecule has 0 bridgehead atoms. The quantitative estimate of drug-likeness (QED) is 0.495. The zero-order chi connectivity index (χ0) is 8.10. The molecule has 0 radical (unpaired) electrons. The zero-order valence-corrected chi connectivity index (χ0v) is 5.90. The maximum Gasteiger partial charge on any atom is 0.191 e. The fourth-order valence-electron chi connectivity index (χ4n) is 0.570. The normalized spacial score (nSPS) is 9.82. The highest BCUT2D eigenvalue weighted by atomic mass is 16.5. The van der Waals surface area contributed by atoms with Gasteiger partial charge in [-0.05, 0) is 0 Å². The molecule has 0 saturated heterocycles. The molecule has 1 heterocycles. The van der Waals surface area contributed by atoms with Gasteiger partial charge < -0.3 is 9.72 Å². The number of aromatic nitrogens is 2. The van der Waals surface area contributed by atoms with Crippen LogP contribution in [0.2, 0.25) is 0 Å². The Kier molecular flexibility index (Phi) is 2.23. The van der Waals surface area contributed by atoms with Crippen molar-refractivity contribution in [3.63, 3.8) is 0 Å². The summed E-state index contributed by atoms with van der Waals surface area (Å²) >= 11 is 0. The van der Waals surface area contributed by atoms with Crippen LogP contribution in [0.3, 0.4) is 0 Å². The van der Waals surface area contributed by atoms with Crippen molar-refractivity contribution < 1.29 is 4.74 Å². The number of aromatic amines is 1. The van der Waals surface area contributed by atoms with E-state index >= 15 is 0 Å². The van der Waals surface area contributed by atoms with Crippen LogP contribution in [-0.2, 0) is 4.74 Å². The lowest BCUT2D eigenvalue weighted by molar-refractivity contribution is 0.423. The number of nitriles is 1. The highest BCUT2D eigenvalue weighted by molar-refractivity contribution is 5.56. The molecular weight excluding hydrogens is 144 g/mol. The molecule has 0 spiro atoms. The van der Waals surface area contributed by atoms with Crippen molar-refractivity contribution >= 4 is 12.2 Å². The van der Waals surface area contributed by atoms with Crippen LogP contribution >= 0.6 is 0 Å². The molecule has 5 nitrogen and oxygen atoms in total. The average Bonchev–Trinajstić information content (AvgIpc) is 2.47. The van der Waals surface area contributed by atoms with Crippen molar-refractivity contribution in [3.05, 3.63) is 12.0 Å². The number of hydrogen-bond donors (Lipinski definition) is 1. The zero-order valence-electron chi connectivity index (χ0n) is 5.90. The Bertz CT molecular complexity index is 296. The topological polar surface area (TPSA) is 74.1 Å². The Morgan fingerprint density at radius 3 is 3.36 bits per heavy atom. The van der Waals surface area contributed by atoms with Gasteiger partial charge in [-0.3, -0.25) is 0 Å². The maximum atomic E-state index is 8.47. The fraction of sp³-hybridized carbons (Fsp3) is 0.167. The van der Waals surface area contributed by atoms with Gasteiger partial charge in [0.2, 0.25) is 0 Å². The van der Waals surface area contributed by atoms with Gasteiger partial charge in [0.15, 0.2) is 17.9 Å². The minimum Gasteiger partial charge on any atom is -0.486 e. The fourth-order valence-corrected chi connectivity index (χ4v) is 0.570. The van der Waals surface area contributed by atoms with Crippen LogP contribution in [-0.4, -0.2) is 23.5 Å². The third-order valence-corrected chi connectivity index (χ3v) is 1.01. The molecule has 0 fully saturated rings. The second kappa shape index (κ2) is 3.37. The predicted octanol–water partition coefficient (Wildman–Crippen LogP) is 0.588. The van der Waals surface area contributed by atoms with Crippen LogP contribution in [0.4, 0.5) is 5.82 Å². The van der Waals surface area contributed by atoms with E-state index in [0.29, 0.717) is 11.5 Å². The van der Waals surface area contributed by atoms with Crippen molar-refractivity contribution in [2.24, 2.45) is 4.99 Å². The Hall–Kier alpha value is -1.83. The summed E-state index contributed by atoms with van der Waals surface area (Å²) in [5.74, 6) is 0.342. The van der Waals surface area contributed by atoms with E-state index in [-0.39, 0.29) is 0 Å². The monoisotopic (exact) mass is 150 g/mol. The number of H-pyrrole nitrogens is 1. The number of methoxy groups -OCH3 is 1. The summed E-state index contributed by atoms with van der Waals surface area (Å²) in [4.78, 5) is 10.1. The van der Waals surface area contributed by atoms with E-state index in [4.69, 9.17) is 5.26 Å². The molecular formula is C6H6N4O. The number of aliphatic imine (C=N–C) groups is 1. The number of hydrogen-bond acceptors (Lipinski definition) is 4. The Morgan fingerprint density at radius 1 is 1.91 bits per heavy atom.